The highest BCUT2D eigenvalue weighted by atomic mass is 16.2. The minimum atomic E-state index is -0.710. The smallest absolute Gasteiger partial charge is 0.279 e. The van der Waals surface area contributed by atoms with E-state index in [2.05, 4.69) is 16.7 Å². The maximum absolute atomic E-state index is 12.2. The van der Waals surface area contributed by atoms with Gasteiger partial charge in [-0.3, -0.25) is 9.59 Å². The number of nitrogens with one attached hydrogen (secondary N) is 3. The number of nitrogens with zero attached hydrogens (tertiary/aromatic N) is 1. The zero-order chi connectivity index (χ0) is 18.4. The van der Waals surface area contributed by atoms with Crippen LogP contribution in [0.2, 0.25) is 0 Å². The fourth-order valence-corrected chi connectivity index (χ4v) is 3.25. The van der Waals surface area contributed by atoms with Crippen molar-refractivity contribution in [1.82, 2.24) is 5.32 Å². The van der Waals surface area contributed by atoms with Gasteiger partial charge in [-0.1, -0.05) is 12.1 Å². The van der Waals surface area contributed by atoms with Crippen LogP contribution in [0.25, 0.3) is 0 Å². The Labute approximate surface area is 149 Å². The molecule has 1 aromatic carbocycles. The molecule has 2 rings (SSSR count). The summed E-state index contributed by atoms with van der Waals surface area (Å²) in [6.45, 7) is 4.34. The molecule has 3 N–H and O–H groups in total. The molecule has 2 amide bonds. The van der Waals surface area contributed by atoms with Crippen LogP contribution in [-0.2, 0) is 9.59 Å². The molecule has 6 nitrogen and oxygen atoms in total. The van der Waals surface area contributed by atoms with Gasteiger partial charge in [0.25, 0.3) is 11.8 Å². The topological polar surface area (TPSA) is 86.4 Å². The first-order valence-corrected chi connectivity index (χ1v) is 8.75. The van der Waals surface area contributed by atoms with Gasteiger partial charge in [0.15, 0.2) is 13.1 Å². The number of aryl methyl sites for hydroxylation is 1. The van der Waals surface area contributed by atoms with Crippen molar-refractivity contribution in [3.05, 3.63) is 29.3 Å². The van der Waals surface area contributed by atoms with E-state index in [0.29, 0.717) is 12.8 Å². The third kappa shape index (κ3) is 5.04. The predicted octanol–water partition coefficient (Wildman–Crippen LogP) is 0.709. The second kappa shape index (κ2) is 8.13. The predicted molar refractivity (Wildman–Crippen MR) is 96.1 cm³/mol. The van der Waals surface area contributed by atoms with Crippen LogP contribution in [0.4, 0.5) is 5.69 Å². The van der Waals surface area contributed by atoms with Crippen LogP contribution < -0.4 is 15.5 Å². The highest BCUT2D eigenvalue weighted by molar-refractivity contribution is 5.92. The zero-order valence-corrected chi connectivity index (χ0v) is 15.2. The summed E-state index contributed by atoms with van der Waals surface area (Å²) in [6, 6.07) is 8.03. The molecule has 0 aliphatic heterocycles. The second-order valence-corrected chi connectivity index (χ2v) is 7.06. The Kier molecular flexibility index (Phi) is 6.16. The first kappa shape index (κ1) is 18.9. The van der Waals surface area contributed by atoms with Gasteiger partial charge in [-0.15, -0.1) is 0 Å². The highest BCUT2D eigenvalue weighted by Crippen LogP contribution is 2.28. The molecule has 1 aliphatic carbocycles. The molecule has 0 aromatic heterocycles. The van der Waals surface area contributed by atoms with Crippen LogP contribution in [0.5, 0.6) is 0 Å². The van der Waals surface area contributed by atoms with Crippen molar-refractivity contribution in [1.29, 1.82) is 5.26 Å². The van der Waals surface area contributed by atoms with E-state index in [1.165, 1.54) is 0 Å². The van der Waals surface area contributed by atoms with Crippen LogP contribution >= 0.6 is 0 Å². The summed E-state index contributed by atoms with van der Waals surface area (Å²) in [6.07, 6.45) is 3.35. The maximum atomic E-state index is 12.2. The van der Waals surface area contributed by atoms with Crippen molar-refractivity contribution in [3.8, 4) is 6.07 Å². The van der Waals surface area contributed by atoms with E-state index >= 15 is 0 Å². The lowest BCUT2D eigenvalue weighted by Crippen LogP contribution is -3.11. The largest absolute Gasteiger partial charge is 0.333 e. The van der Waals surface area contributed by atoms with Crippen molar-refractivity contribution in [2.75, 3.05) is 25.5 Å². The summed E-state index contributed by atoms with van der Waals surface area (Å²) in [4.78, 5) is 25.2. The molecule has 1 fully saturated rings. The fraction of sp³-hybridized carbons (Fsp3) is 0.526. The Morgan fingerprint density at radius 3 is 2.48 bits per heavy atom. The van der Waals surface area contributed by atoms with E-state index in [1.807, 2.05) is 32.0 Å². The molecule has 134 valence electrons. The van der Waals surface area contributed by atoms with Crippen molar-refractivity contribution in [3.63, 3.8) is 0 Å². The minimum absolute atomic E-state index is 0.130. The molecule has 1 atom stereocenters. The number of quaternary nitrogens is 1. The molecule has 1 aromatic rings. The lowest BCUT2D eigenvalue weighted by Gasteiger charge is -2.23. The molecule has 0 heterocycles. The molecule has 1 unspecified atom stereocenters. The molecule has 0 bridgehead atoms. The van der Waals surface area contributed by atoms with E-state index in [-0.39, 0.29) is 24.9 Å². The first-order valence-electron chi connectivity index (χ1n) is 8.75. The van der Waals surface area contributed by atoms with E-state index in [4.69, 9.17) is 0 Å². The molecular weight excluding hydrogens is 316 g/mol. The first-order chi connectivity index (χ1) is 11.8. The van der Waals surface area contributed by atoms with Crippen LogP contribution in [0.3, 0.4) is 0 Å². The summed E-state index contributed by atoms with van der Waals surface area (Å²) in [5.74, 6) is -0.310. The number of carbonyl (C=O) groups is 2. The van der Waals surface area contributed by atoms with E-state index in [0.717, 1.165) is 34.6 Å². The van der Waals surface area contributed by atoms with E-state index in [1.54, 1.807) is 7.05 Å². The molecule has 0 spiro atoms. The Bertz CT molecular complexity index is 687. The molecule has 6 heteroatoms. The van der Waals surface area contributed by atoms with Crippen molar-refractivity contribution in [2.24, 2.45) is 0 Å². The summed E-state index contributed by atoms with van der Waals surface area (Å²) in [5, 5.41) is 15.1. The number of hydrogen-bond donors (Lipinski definition) is 3. The van der Waals surface area contributed by atoms with Crippen LogP contribution in [0.15, 0.2) is 18.2 Å². The van der Waals surface area contributed by atoms with Gasteiger partial charge in [0.1, 0.15) is 5.54 Å². The van der Waals surface area contributed by atoms with Gasteiger partial charge in [0.05, 0.1) is 13.1 Å². The molecule has 0 radical (unpaired) electrons. The van der Waals surface area contributed by atoms with Crippen LogP contribution in [0.1, 0.15) is 36.8 Å². The average molecular weight is 343 g/mol. The normalized spacial score (nSPS) is 16.7. The standard InChI is InChI=1S/C19H26N4O2/c1-14-7-6-8-16(15(14)2)21-17(24)11-23(3)12-18(25)22-19(13-20)9-4-5-10-19/h6-8H,4-5,9-12H2,1-3H3,(H,21,24)(H,22,25)/p+1. The van der Waals surface area contributed by atoms with Crippen LogP contribution in [-0.4, -0.2) is 37.5 Å². The van der Waals surface area contributed by atoms with E-state index in [9.17, 15) is 14.9 Å². The van der Waals surface area contributed by atoms with Crippen molar-refractivity contribution in [2.45, 2.75) is 45.1 Å². The quantitative estimate of drug-likeness (QED) is 0.711. The molecule has 1 saturated carbocycles. The third-order valence-electron chi connectivity index (χ3n) is 4.85. The highest BCUT2D eigenvalue weighted by Gasteiger charge is 2.35. The number of hydrogen-bond acceptors (Lipinski definition) is 3. The Morgan fingerprint density at radius 2 is 1.84 bits per heavy atom. The number of rotatable bonds is 6. The second-order valence-electron chi connectivity index (χ2n) is 7.06. The van der Waals surface area contributed by atoms with Crippen molar-refractivity contribution >= 4 is 17.5 Å². The van der Waals surface area contributed by atoms with Gasteiger partial charge in [0.2, 0.25) is 0 Å². The summed E-state index contributed by atoms with van der Waals surface area (Å²) in [5.41, 5.74) is 2.26. The SMILES string of the molecule is Cc1cccc(NC(=O)C[NH+](C)CC(=O)NC2(C#N)CCCC2)c1C. The number of likely N-dealkylation sites (N-methyl/N-ethyl adjacent to an activating group) is 1. The van der Waals surface area contributed by atoms with Crippen LogP contribution in [0, 0.1) is 25.2 Å². The lowest BCUT2D eigenvalue weighted by molar-refractivity contribution is -0.862. The van der Waals surface area contributed by atoms with Gasteiger partial charge < -0.3 is 15.5 Å². The summed E-state index contributed by atoms with van der Waals surface area (Å²) in [7, 11) is 1.80. The average Bonchev–Trinajstić information content (AvgIpc) is 3.00. The van der Waals surface area contributed by atoms with Gasteiger partial charge in [-0.2, -0.15) is 5.26 Å². The Morgan fingerprint density at radius 1 is 1.20 bits per heavy atom. The Balaban J connectivity index is 1.84. The van der Waals surface area contributed by atoms with Gasteiger partial charge in [-0.25, -0.2) is 0 Å². The van der Waals surface area contributed by atoms with Gasteiger partial charge >= 0.3 is 0 Å². The number of nitriles is 1. The molecule has 0 saturated heterocycles. The minimum Gasteiger partial charge on any atom is -0.333 e. The molecule has 25 heavy (non-hydrogen) atoms. The summed E-state index contributed by atoms with van der Waals surface area (Å²) < 4.78 is 0. The van der Waals surface area contributed by atoms with Gasteiger partial charge in [0, 0.05) is 5.69 Å². The maximum Gasteiger partial charge on any atom is 0.279 e. The Hall–Kier alpha value is -2.39. The van der Waals surface area contributed by atoms with Gasteiger partial charge in [-0.05, 0) is 56.7 Å². The van der Waals surface area contributed by atoms with Crippen molar-refractivity contribution < 1.29 is 14.5 Å². The number of amides is 2. The monoisotopic (exact) mass is 343 g/mol. The zero-order valence-electron chi connectivity index (χ0n) is 15.2. The number of carbonyl (C=O) groups excluding carboxylic acids is 2. The number of anilines is 1. The molecular formula is C19H27N4O2+. The third-order valence-corrected chi connectivity index (χ3v) is 4.85. The fourth-order valence-electron chi connectivity index (χ4n) is 3.25. The number of benzene rings is 1. The molecule has 1 aliphatic rings. The van der Waals surface area contributed by atoms with E-state index < -0.39 is 5.54 Å². The lowest BCUT2D eigenvalue weighted by atomic mass is 10.00. The summed E-state index contributed by atoms with van der Waals surface area (Å²) >= 11 is 0.